The number of benzene rings is 2. The number of rotatable bonds is 2. The molecule has 0 aliphatic carbocycles. The van der Waals surface area contributed by atoms with Crippen molar-refractivity contribution < 1.29 is 9.53 Å². The molecule has 4 nitrogen and oxygen atoms in total. The van der Waals surface area contributed by atoms with Crippen molar-refractivity contribution in [3.8, 4) is 11.8 Å². The third-order valence-corrected chi connectivity index (χ3v) is 3.10. The van der Waals surface area contributed by atoms with Crippen LogP contribution >= 0.6 is 0 Å². The number of carbonyl (C=O) groups is 1. The van der Waals surface area contributed by atoms with E-state index in [1.54, 1.807) is 0 Å². The molecule has 0 radical (unpaired) electrons. The summed E-state index contributed by atoms with van der Waals surface area (Å²) in [4.78, 5) is 11.5. The van der Waals surface area contributed by atoms with E-state index in [0.29, 0.717) is 13.0 Å². The first-order valence-electron chi connectivity index (χ1n) is 7.60. The van der Waals surface area contributed by atoms with Gasteiger partial charge in [-0.1, -0.05) is 36.1 Å². The number of nitrogens with two attached hydrogens (primary N) is 1. The Kier molecular flexibility index (Phi) is 5.13. The molecular formula is C19H22N2O2. The average molecular weight is 310 g/mol. The molecule has 1 amide bonds. The van der Waals surface area contributed by atoms with Gasteiger partial charge < -0.3 is 15.8 Å². The van der Waals surface area contributed by atoms with Crippen LogP contribution in [0.2, 0.25) is 0 Å². The molecule has 120 valence electrons. The number of nitrogen functional groups attached to an aromatic ring is 1. The third-order valence-electron chi connectivity index (χ3n) is 3.10. The summed E-state index contributed by atoms with van der Waals surface area (Å²) < 4.78 is 5.16. The monoisotopic (exact) mass is 310 g/mol. The highest BCUT2D eigenvalue weighted by Crippen LogP contribution is 2.23. The van der Waals surface area contributed by atoms with Gasteiger partial charge in [0.25, 0.3) is 0 Å². The molecule has 0 fully saturated rings. The van der Waals surface area contributed by atoms with Crippen LogP contribution in [0.25, 0.3) is 10.8 Å². The summed E-state index contributed by atoms with van der Waals surface area (Å²) in [7, 11) is 0. The summed E-state index contributed by atoms with van der Waals surface area (Å²) in [6, 6.07) is 11.7. The van der Waals surface area contributed by atoms with Gasteiger partial charge in [0.2, 0.25) is 0 Å². The predicted molar refractivity (Wildman–Crippen MR) is 94.1 cm³/mol. The van der Waals surface area contributed by atoms with Gasteiger partial charge in [-0.3, -0.25) is 0 Å². The van der Waals surface area contributed by atoms with E-state index in [1.807, 2.05) is 57.2 Å². The van der Waals surface area contributed by atoms with Crippen LogP contribution in [0.15, 0.2) is 36.4 Å². The van der Waals surface area contributed by atoms with Crippen LogP contribution in [0.5, 0.6) is 0 Å². The fraction of sp³-hybridized carbons (Fsp3) is 0.316. The fourth-order valence-electron chi connectivity index (χ4n) is 2.14. The van der Waals surface area contributed by atoms with Gasteiger partial charge in [0.15, 0.2) is 0 Å². The molecule has 0 bridgehead atoms. The molecule has 0 saturated carbocycles. The van der Waals surface area contributed by atoms with Gasteiger partial charge in [-0.25, -0.2) is 4.79 Å². The molecule has 0 heterocycles. The van der Waals surface area contributed by atoms with Gasteiger partial charge >= 0.3 is 6.09 Å². The molecule has 0 saturated heterocycles. The second-order valence-electron chi connectivity index (χ2n) is 6.23. The summed E-state index contributed by atoms with van der Waals surface area (Å²) >= 11 is 0. The minimum Gasteiger partial charge on any atom is -0.444 e. The standard InChI is InChI=1S/C19H22N2O2/c1-19(2,3)23-18(22)21-13-5-4-8-14-9-6-11-16-15(14)10-7-12-17(16)20/h6-7,9-12H,5,13,20H2,1-3H3,(H,21,22). The largest absolute Gasteiger partial charge is 0.444 e. The Hall–Kier alpha value is -2.67. The average Bonchev–Trinajstić information content (AvgIpc) is 2.46. The molecule has 2 rings (SSSR count). The molecule has 3 N–H and O–H groups in total. The lowest BCUT2D eigenvalue weighted by Crippen LogP contribution is -2.32. The molecule has 0 spiro atoms. The Labute approximate surface area is 137 Å². The number of hydrogen-bond acceptors (Lipinski definition) is 3. The quantitative estimate of drug-likeness (QED) is 0.505. The molecule has 0 aromatic heterocycles. The first-order valence-corrected chi connectivity index (χ1v) is 7.60. The van der Waals surface area contributed by atoms with Gasteiger partial charge in [0.05, 0.1) is 0 Å². The van der Waals surface area contributed by atoms with E-state index in [1.165, 1.54) is 0 Å². The minimum absolute atomic E-state index is 0.419. The summed E-state index contributed by atoms with van der Waals surface area (Å²) in [5, 5.41) is 4.74. The second-order valence-corrected chi connectivity index (χ2v) is 6.23. The normalized spacial score (nSPS) is 10.7. The van der Waals surface area contributed by atoms with Crippen molar-refractivity contribution in [3.63, 3.8) is 0 Å². The molecular weight excluding hydrogens is 288 g/mol. The maximum absolute atomic E-state index is 11.5. The van der Waals surface area contributed by atoms with Crippen LogP contribution in [0.1, 0.15) is 32.8 Å². The Morgan fingerprint density at radius 3 is 2.61 bits per heavy atom. The molecule has 0 unspecified atom stereocenters. The van der Waals surface area contributed by atoms with Gasteiger partial charge in [-0.2, -0.15) is 0 Å². The highest BCUT2D eigenvalue weighted by molar-refractivity contribution is 5.96. The predicted octanol–water partition coefficient (Wildman–Crippen LogP) is 3.69. The maximum atomic E-state index is 11.5. The number of fused-ring (bicyclic) bond motifs is 1. The lowest BCUT2D eigenvalue weighted by molar-refractivity contribution is 0.0529. The van der Waals surface area contributed by atoms with E-state index in [0.717, 1.165) is 22.0 Å². The fourth-order valence-corrected chi connectivity index (χ4v) is 2.14. The van der Waals surface area contributed by atoms with E-state index < -0.39 is 11.7 Å². The van der Waals surface area contributed by atoms with Crippen LogP contribution < -0.4 is 11.1 Å². The SMILES string of the molecule is CC(C)(C)OC(=O)NCCC#Cc1cccc2c(N)cccc12. The van der Waals surface area contributed by atoms with Gasteiger partial charge in [-0.05, 0) is 38.3 Å². The molecule has 0 atom stereocenters. The van der Waals surface area contributed by atoms with Gasteiger partial charge in [0, 0.05) is 29.6 Å². The second kappa shape index (κ2) is 7.06. The highest BCUT2D eigenvalue weighted by atomic mass is 16.6. The van der Waals surface area contributed by atoms with Gasteiger partial charge in [0.1, 0.15) is 5.60 Å². The number of ether oxygens (including phenoxy) is 1. The number of carbonyl (C=O) groups excluding carboxylic acids is 1. The molecule has 4 heteroatoms. The first-order chi connectivity index (χ1) is 10.9. The lowest BCUT2D eigenvalue weighted by atomic mass is 10.0. The van der Waals surface area contributed by atoms with Crippen molar-refractivity contribution in [1.82, 2.24) is 5.32 Å². The number of nitrogens with one attached hydrogen (secondary N) is 1. The number of amides is 1. The van der Waals surface area contributed by atoms with Crippen LogP contribution in [0.3, 0.4) is 0 Å². The van der Waals surface area contributed by atoms with E-state index in [4.69, 9.17) is 10.5 Å². The maximum Gasteiger partial charge on any atom is 0.407 e. The summed E-state index contributed by atoms with van der Waals surface area (Å²) in [6.45, 7) is 5.95. The zero-order chi connectivity index (χ0) is 16.9. The Morgan fingerprint density at radius 1 is 1.17 bits per heavy atom. The number of hydrogen-bond donors (Lipinski definition) is 2. The van der Waals surface area contributed by atoms with Crippen molar-refractivity contribution in [2.24, 2.45) is 0 Å². The van der Waals surface area contributed by atoms with Gasteiger partial charge in [-0.15, -0.1) is 0 Å². The molecule has 2 aromatic carbocycles. The summed E-state index contributed by atoms with van der Waals surface area (Å²) in [5.41, 5.74) is 7.17. The highest BCUT2D eigenvalue weighted by Gasteiger charge is 2.15. The molecule has 0 aliphatic heterocycles. The minimum atomic E-state index is -0.487. The number of anilines is 1. The molecule has 23 heavy (non-hydrogen) atoms. The van der Waals surface area contributed by atoms with Crippen LogP contribution in [0.4, 0.5) is 10.5 Å². The summed E-state index contributed by atoms with van der Waals surface area (Å²) in [6.07, 6.45) is 0.134. The van der Waals surface area contributed by atoms with E-state index in [2.05, 4.69) is 17.2 Å². The third kappa shape index (κ3) is 4.93. The lowest BCUT2D eigenvalue weighted by Gasteiger charge is -2.19. The zero-order valence-corrected chi connectivity index (χ0v) is 13.8. The Morgan fingerprint density at radius 2 is 1.87 bits per heavy atom. The van der Waals surface area contributed by atoms with Crippen LogP contribution in [0, 0.1) is 11.8 Å². The van der Waals surface area contributed by atoms with Crippen molar-refractivity contribution in [2.45, 2.75) is 32.8 Å². The Bertz CT molecular complexity index is 764. The van der Waals surface area contributed by atoms with Crippen molar-refractivity contribution in [2.75, 3.05) is 12.3 Å². The summed E-state index contributed by atoms with van der Waals surface area (Å²) in [5.74, 6) is 6.21. The van der Waals surface area contributed by atoms with Crippen LogP contribution in [-0.4, -0.2) is 18.2 Å². The zero-order valence-electron chi connectivity index (χ0n) is 13.8. The molecule has 2 aromatic rings. The van der Waals surface area contributed by atoms with Crippen molar-refractivity contribution in [1.29, 1.82) is 0 Å². The topological polar surface area (TPSA) is 64.3 Å². The van der Waals surface area contributed by atoms with Crippen LogP contribution in [-0.2, 0) is 4.74 Å². The van der Waals surface area contributed by atoms with E-state index in [-0.39, 0.29) is 0 Å². The smallest absolute Gasteiger partial charge is 0.407 e. The Balaban J connectivity index is 1.96. The van der Waals surface area contributed by atoms with E-state index in [9.17, 15) is 4.79 Å². The van der Waals surface area contributed by atoms with Crippen molar-refractivity contribution >= 4 is 22.6 Å². The number of alkyl carbamates (subject to hydrolysis) is 1. The van der Waals surface area contributed by atoms with E-state index >= 15 is 0 Å². The first kappa shape index (κ1) is 16.7. The molecule has 0 aliphatic rings. The van der Waals surface area contributed by atoms with Crippen molar-refractivity contribution in [3.05, 3.63) is 42.0 Å².